The highest BCUT2D eigenvalue weighted by molar-refractivity contribution is 6.29. The van der Waals surface area contributed by atoms with Crippen molar-refractivity contribution in [1.82, 2.24) is 0 Å². The lowest BCUT2D eigenvalue weighted by molar-refractivity contribution is 0.324. The summed E-state index contributed by atoms with van der Waals surface area (Å²) in [4.78, 5) is 0. The summed E-state index contributed by atoms with van der Waals surface area (Å²) in [5, 5.41) is 0.450. The number of hydrogen-bond donors (Lipinski definition) is 1. The maximum atomic E-state index is 5.64. The molecule has 0 atom stereocenters. The Balaban J connectivity index is 2.83. The Morgan fingerprint density at radius 1 is 1.44 bits per heavy atom. The van der Waals surface area contributed by atoms with Gasteiger partial charge in [0.25, 0.3) is 0 Å². The van der Waals surface area contributed by atoms with Crippen molar-refractivity contribution in [3.05, 3.63) is 35.4 Å². The monoisotopic (exact) mass is 241 g/mol. The van der Waals surface area contributed by atoms with Crippen molar-refractivity contribution in [2.75, 3.05) is 20.3 Å². The third-order valence-electron chi connectivity index (χ3n) is 2.05. The predicted octanol–water partition coefficient (Wildman–Crippen LogP) is 2.33. The summed E-state index contributed by atoms with van der Waals surface area (Å²) >= 11 is 5.64. The highest BCUT2D eigenvalue weighted by Gasteiger charge is 2.05. The molecule has 1 aromatic rings. The van der Waals surface area contributed by atoms with E-state index in [1.54, 1.807) is 7.11 Å². The highest BCUT2D eigenvalue weighted by atomic mass is 35.5. The van der Waals surface area contributed by atoms with Crippen LogP contribution in [0.4, 0.5) is 0 Å². The maximum Gasteiger partial charge on any atom is 0.161 e. The number of nitrogens with two attached hydrogens (primary N) is 1. The fraction of sp³-hybridized carbons (Fsp3) is 0.333. The molecule has 88 valence electrons. The molecule has 0 spiro atoms. The van der Waals surface area contributed by atoms with Gasteiger partial charge in [0.2, 0.25) is 0 Å². The molecule has 0 bridgehead atoms. The van der Waals surface area contributed by atoms with Gasteiger partial charge >= 0.3 is 0 Å². The van der Waals surface area contributed by atoms with Crippen molar-refractivity contribution in [3.8, 4) is 11.5 Å². The number of rotatable bonds is 6. The predicted molar refractivity (Wildman–Crippen MR) is 66.2 cm³/mol. The van der Waals surface area contributed by atoms with Crippen LogP contribution in [0.1, 0.15) is 5.56 Å². The van der Waals surface area contributed by atoms with Gasteiger partial charge in [-0.05, 0) is 30.7 Å². The molecule has 4 heteroatoms. The van der Waals surface area contributed by atoms with E-state index in [-0.39, 0.29) is 6.61 Å². The summed E-state index contributed by atoms with van der Waals surface area (Å²) < 4.78 is 10.7. The molecule has 0 unspecified atom stereocenters. The van der Waals surface area contributed by atoms with Crippen molar-refractivity contribution in [2.45, 2.75) is 6.42 Å². The molecule has 0 fully saturated rings. The third kappa shape index (κ3) is 3.76. The topological polar surface area (TPSA) is 44.5 Å². The molecule has 0 aliphatic heterocycles. The van der Waals surface area contributed by atoms with E-state index in [0.717, 1.165) is 12.0 Å². The molecule has 3 nitrogen and oxygen atoms in total. The van der Waals surface area contributed by atoms with Crippen molar-refractivity contribution >= 4 is 11.6 Å². The highest BCUT2D eigenvalue weighted by Crippen LogP contribution is 2.28. The average molecular weight is 242 g/mol. The lowest BCUT2D eigenvalue weighted by Crippen LogP contribution is -2.04. The normalized spacial score (nSPS) is 9.94. The van der Waals surface area contributed by atoms with Crippen molar-refractivity contribution in [1.29, 1.82) is 0 Å². The summed E-state index contributed by atoms with van der Waals surface area (Å²) in [6.45, 7) is 4.44. The Morgan fingerprint density at radius 2 is 2.19 bits per heavy atom. The summed E-state index contributed by atoms with van der Waals surface area (Å²) in [6.07, 6.45) is 0.808. The minimum Gasteiger partial charge on any atom is -0.493 e. The quantitative estimate of drug-likeness (QED) is 0.832. The first-order valence-corrected chi connectivity index (χ1v) is 5.38. The Morgan fingerprint density at radius 3 is 2.75 bits per heavy atom. The van der Waals surface area contributed by atoms with Gasteiger partial charge in [0.1, 0.15) is 6.61 Å². The van der Waals surface area contributed by atoms with Crippen LogP contribution in [0.3, 0.4) is 0 Å². The van der Waals surface area contributed by atoms with Crippen LogP contribution < -0.4 is 15.2 Å². The van der Waals surface area contributed by atoms with Gasteiger partial charge in [-0.2, -0.15) is 0 Å². The standard InChI is InChI=1S/C12H16ClNO2/c1-9(13)8-16-12-7-10(5-6-14)3-4-11(12)15-2/h3-4,7H,1,5-6,8,14H2,2H3. The van der Waals surface area contributed by atoms with Crippen LogP contribution in [0, 0.1) is 0 Å². The summed E-state index contributed by atoms with van der Waals surface area (Å²) in [7, 11) is 1.60. The van der Waals surface area contributed by atoms with E-state index < -0.39 is 0 Å². The van der Waals surface area contributed by atoms with Gasteiger partial charge in [0.15, 0.2) is 11.5 Å². The molecule has 0 saturated heterocycles. The van der Waals surface area contributed by atoms with Crippen LogP contribution in [0.25, 0.3) is 0 Å². The Bertz CT molecular complexity index is 366. The summed E-state index contributed by atoms with van der Waals surface area (Å²) in [5.74, 6) is 1.34. The number of hydrogen-bond acceptors (Lipinski definition) is 3. The van der Waals surface area contributed by atoms with Gasteiger partial charge in [-0.25, -0.2) is 0 Å². The molecule has 0 amide bonds. The lowest BCUT2D eigenvalue weighted by atomic mass is 10.1. The minimum atomic E-state index is 0.268. The molecule has 0 aromatic heterocycles. The second-order valence-corrected chi connectivity index (χ2v) is 3.86. The number of ether oxygens (including phenoxy) is 2. The van der Waals surface area contributed by atoms with Gasteiger partial charge in [-0.1, -0.05) is 24.2 Å². The summed E-state index contributed by atoms with van der Waals surface area (Å²) in [6, 6.07) is 5.73. The number of benzene rings is 1. The van der Waals surface area contributed by atoms with Crippen molar-refractivity contribution in [2.24, 2.45) is 5.73 Å². The van der Waals surface area contributed by atoms with E-state index in [1.807, 2.05) is 18.2 Å². The molecule has 16 heavy (non-hydrogen) atoms. The first-order valence-electron chi connectivity index (χ1n) is 5.00. The van der Waals surface area contributed by atoms with Gasteiger partial charge in [0, 0.05) is 5.03 Å². The molecule has 0 aliphatic rings. The first-order chi connectivity index (χ1) is 7.67. The molecule has 2 N–H and O–H groups in total. The SMILES string of the molecule is C=C(Cl)COc1cc(CCN)ccc1OC. The summed E-state index contributed by atoms with van der Waals surface area (Å²) in [5.41, 5.74) is 6.61. The van der Waals surface area contributed by atoms with E-state index in [1.165, 1.54) is 0 Å². The van der Waals surface area contributed by atoms with Crippen LogP contribution in [0.15, 0.2) is 29.8 Å². The third-order valence-corrected chi connectivity index (χ3v) is 2.15. The fourth-order valence-corrected chi connectivity index (χ4v) is 1.37. The molecule has 0 radical (unpaired) electrons. The average Bonchev–Trinajstić information content (AvgIpc) is 2.27. The zero-order chi connectivity index (χ0) is 12.0. The smallest absolute Gasteiger partial charge is 0.161 e. The van der Waals surface area contributed by atoms with Gasteiger partial charge in [-0.3, -0.25) is 0 Å². The molecular formula is C12H16ClNO2. The minimum absolute atomic E-state index is 0.268. The Labute approximate surface area is 101 Å². The fourth-order valence-electron chi connectivity index (χ4n) is 1.31. The zero-order valence-electron chi connectivity index (χ0n) is 9.33. The molecule has 1 aromatic carbocycles. The van der Waals surface area contributed by atoms with E-state index in [2.05, 4.69) is 6.58 Å². The molecule has 0 heterocycles. The molecular weight excluding hydrogens is 226 g/mol. The van der Waals surface area contributed by atoms with Gasteiger partial charge < -0.3 is 15.2 Å². The van der Waals surface area contributed by atoms with Crippen LogP contribution in [0.2, 0.25) is 0 Å². The molecule has 0 saturated carbocycles. The van der Waals surface area contributed by atoms with E-state index >= 15 is 0 Å². The zero-order valence-corrected chi connectivity index (χ0v) is 10.1. The van der Waals surface area contributed by atoms with Crippen LogP contribution in [-0.4, -0.2) is 20.3 Å². The van der Waals surface area contributed by atoms with E-state index in [0.29, 0.717) is 23.1 Å². The van der Waals surface area contributed by atoms with Gasteiger partial charge in [-0.15, -0.1) is 0 Å². The van der Waals surface area contributed by atoms with Gasteiger partial charge in [0.05, 0.1) is 7.11 Å². The molecule has 0 aliphatic carbocycles. The second-order valence-electron chi connectivity index (χ2n) is 3.33. The van der Waals surface area contributed by atoms with E-state index in [4.69, 9.17) is 26.8 Å². The van der Waals surface area contributed by atoms with Crippen LogP contribution >= 0.6 is 11.6 Å². The number of methoxy groups -OCH3 is 1. The first kappa shape index (κ1) is 12.9. The van der Waals surface area contributed by atoms with Crippen LogP contribution in [0.5, 0.6) is 11.5 Å². The Kier molecular flexibility index (Phi) is 5.15. The Hall–Kier alpha value is -1.19. The number of halogens is 1. The lowest BCUT2D eigenvalue weighted by Gasteiger charge is -2.11. The van der Waals surface area contributed by atoms with Crippen molar-refractivity contribution in [3.63, 3.8) is 0 Å². The maximum absolute atomic E-state index is 5.64. The van der Waals surface area contributed by atoms with Crippen LogP contribution in [-0.2, 0) is 6.42 Å². The van der Waals surface area contributed by atoms with Crippen molar-refractivity contribution < 1.29 is 9.47 Å². The van der Waals surface area contributed by atoms with E-state index in [9.17, 15) is 0 Å². The molecule has 1 rings (SSSR count). The largest absolute Gasteiger partial charge is 0.493 e. The second kappa shape index (κ2) is 6.40.